The SMILES string of the molecule is CC(C)c1nc(N(C)S(C)(=O)=O)nc(-c2ccc(F)cc2)c1C=C[C@@H](O)C[C@@H](O)CC(=O)N(C)C. The Hall–Kier alpha value is -2.89. The second-order valence-electron chi connectivity index (χ2n) is 8.87. The Morgan fingerprint density at radius 1 is 1.11 bits per heavy atom. The van der Waals surface area contributed by atoms with Gasteiger partial charge in [0.15, 0.2) is 0 Å². The summed E-state index contributed by atoms with van der Waals surface area (Å²) in [4.78, 5) is 22.1. The first-order valence-corrected chi connectivity index (χ1v) is 12.9. The Kier molecular flexibility index (Phi) is 9.47. The van der Waals surface area contributed by atoms with Crippen LogP contribution in [-0.4, -0.2) is 79.0 Å². The fourth-order valence-corrected chi connectivity index (χ4v) is 3.61. The number of benzene rings is 1. The number of aliphatic hydroxyl groups excluding tert-OH is 2. The predicted molar refractivity (Wildman–Crippen MR) is 134 cm³/mol. The lowest BCUT2D eigenvalue weighted by Gasteiger charge is -2.20. The molecule has 0 radical (unpaired) electrons. The highest BCUT2D eigenvalue weighted by Gasteiger charge is 2.22. The number of aromatic nitrogens is 2. The minimum Gasteiger partial charge on any atom is -0.392 e. The Bertz CT molecular complexity index is 1170. The van der Waals surface area contributed by atoms with E-state index in [-0.39, 0.29) is 30.6 Å². The smallest absolute Gasteiger partial charge is 0.239 e. The summed E-state index contributed by atoms with van der Waals surface area (Å²) in [7, 11) is 0.873. The molecule has 2 N–H and O–H groups in total. The van der Waals surface area contributed by atoms with Gasteiger partial charge < -0.3 is 15.1 Å². The normalized spacial score (nSPS) is 13.8. The van der Waals surface area contributed by atoms with Crippen molar-refractivity contribution in [2.75, 3.05) is 31.7 Å². The van der Waals surface area contributed by atoms with E-state index >= 15 is 0 Å². The van der Waals surface area contributed by atoms with Gasteiger partial charge in [-0.05, 0) is 30.2 Å². The number of carbonyl (C=O) groups excluding carboxylic acids is 1. The largest absolute Gasteiger partial charge is 0.392 e. The minimum atomic E-state index is -3.64. The lowest BCUT2D eigenvalue weighted by molar-refractivity contribution is -0.130. The van der Waals surface area contributed by atoms with Crippen LogP contribution in [0.1, 0.15) is 43.9 Å². The number of sulfonamides is 1. The average molecular weight is 509 g/mol. The molecule has 1 aromatic carbocycles. The van der Waals surface area contributed by atoms with Crippen LogP contribution >= 0.6 is 0 Å². The standard InChI is InChI=1S/C24H33FN4O5S/c1-15(2)22-20(12-11-18(30)13-19(31)14-21(32)28(3)4)23(16-7-9-17(25)10-8-16)27-24(26-22)29(5)35(6,33)34/h7-12,15,18-19,30-31H,13-14H2,1-6H3/t18-,19-/m1/s1. The molecule has 0 aliphatic carbocycles. The number of aliphatic hydroxyl groups is 2. The van der Waals surface area contributed by atoms with Crippen LogP contribution in [-0.2, 0) is 14.8 Å². The van der Waals surface area contributed by atoms with Crippen molar-refractivity contribution in [2.24, 2.45) is 0 Å². The van der Waals surface area contributed by atoms with Crippen molar-refractivity contribution in [3.63, 3.8) is 0 Å². The van der Waals surface area contributed by atoms with E-state index in [1.165, 1.54) is 42.3 Å². The third-order valence-corrected chi connectivity index (χ3v) is 6.47. The van der Waals surface area contributed by atoms with Crippen molar-refractivity contribution in [2.45, 2.75) is 44.8 Å². The van der Waals surface area contributed by atoms with Gasteiger partial charge in [0.25, 0.3) is 0 Å². The van der Waals surface area contributed by atoms with Crippen molar-refractivity contribution in [1.82, 2.24) is 14.9 Å². The van der Waals surface area contributed by atoms with Crippen LogP contribution in [0, 0.1) is 5.82 Å². The van der Waals surface area contributed by atoms with Gasteiger partial charge in [0.1, 0.15) is 5.82 Å². The number of anilines is 1. The van der Waals surface area contributed by atoms with Crippen molar-refractivity contribution in [3.8, 4) is 11.3 Å². The first-order valence-electron chi connectivity index (χ1n) is 11.1. The molecular formula is C24H33FN4O5S. The van der Waals surface area contributed by atoms with Gasteiger partial charge in [0, 0.05) is 38.7 Å². The van der Waals surface area contributed by atoms with E-state index < -0.39 is 28.0 Å². The molecule has 2 aromatic rings. The van der Waals surface area contributed by atoms with E-state index in [0.717, 1.165) is 10.6 Å². The van der Waals surface area contributed by atoms with Gasteiger partial charge in [-0.1, -0.05) is 26.0 Å². The Morgan fingerprint density at radius 2 is 1.71 bits per heavy atom. The van der Waals surface area contributed by atoms with Crippen LogP contribution in [0.25, 0.3) is 17.3 Å². The molecule has 0 unspecified atom stereocenters. The summed E-state index contributed by atoms with van der Waals surface area (Å²) >= 11 is 0. The molecule has 2 atom stereocenters. The molecule has 0 saturated heterocycles. The molecule has 0 aliphatic heterocycles. The molecule has 11 heteroatoms. The zero-order valence-electron chi connectivity index (χ0n) is 20.8. The van der Waals surface area contributed by atoms with E-state index in [9.17, 15) is 27.8 Å². The quantitative estimate of drug-likeness (QED) is 0.505. The van der Waals surface area contributed by atoms with Crippen LogP contribution in [0.5, 0.6) is 0 Å². The zero-order chi connectivity index (χ0) is 26.5. The van der Waals surface area contributed by atoms with E-state index in [2.05, 4.69) is 9.97 Å². The Balaban J connectivity index is 2.53. The van der Waals surface area contributed by atoms with Gasteiger partial charge in [-0.15, -0.1) is 0 Å². The third-order valence-electron chi connectivity index (χ3n) is 5.31. The lowest BCUT2D eigenvalue weighted by Crippen LogP contribution is -2.28. The molecule has 0 spiro atoms. The molecule has 1 amide bonds. The molecule has 9 nitrogen and oxygen atoms in total. The summed E-state index contributed by atoms with van der Waals surface area (Å²) < 4.78 is 38.8. The molecule has 0 bridgehead atoms. The Morgan fingerprint density at radius 3 is 2.23 bits per heavy atom. The lowest BCUT2D eigenvalue weighted by atomic mass is 9.97. The van der Waals surface area contributed by atoms with Gasteiger partial charge in [0.2, 0.25) is 21.9 Å². The molecule has 0 saturated carbocycles. The highest BCUT2D eigenvalue weighted by molar-refractivity contribution is 7.92. The van der Waals surface area contributed by atoms with Crippen molar-refractivity contribution in [3.05, 3.63) is 47.4 Å². The van der Waals surface area contributed by atoms with Crippen LogP contribution in [0.4, 0.5) is 10.3 Å². The predicted octanol–water partition coefficient (Wildman–Crippen LogP) is 2.41. The van der Waals surface area contributed by atoms with Gasteiger partial charge in [0.05, 0.1) is 36.3 Å². The van der Waals surface area contributed by atoms with Gasteiger partial charge in [-0.25, -0.2) is 27.1 Å². The number of carbonyl (C=O) groups is 1. The van der Waals surface area contributed by atoms with E-state index in [0.29, 0.717) is 22.5 Å². The van der Waals surface area contributed by atoms with Crippen molar-refractivity contribution in [1.29, 1.82) is 0 Å². The number of rotatable bonds is 10. The van der Waals surface area contributed by atoms with Crippen LogP contribution in [0.3, 0.4) is 0 Å². The second-order valence-corrected chi connectivity index (χ2v) is 10.9. The highest BCUT2D eigenvalue weighted by atomic mass is 32.2. The maximum Gasteiger partial charge on any atom is 0.239 e. The minimum absolute atomic E-state index is 0.0363. The summed E-state index contributed by atoms with van der Waals surface area (Å²) in [6, 6.07) is 5.59. The summed E-state index contributed by atoms with van der Waals surface area (Å²) in [6.45, 7) is 3.76. The highest BCUT2D eigenvalue weighted by Crippen LogP contribution is 2.31. The van der Waals surface area contributed by atoms with Crippen LogP contribution in [0.2, 0.25) is 0 Å². The third kappa shape index (κ3) is 7.81. The number of hydrogen-bond acceptors (Lipinski definition) is 7. The first-order chi connectivity index (χ1) is 16.2. The van der Waals surface area contributed by atoms with E-state index in [1.54, 1.807) is 20.2 Å². The summed E-state index contributed by atoms with van der Waals surface area (Å²) in [6.07, 6.45) is 1.82. The summed E-state index contributed by atoms with van der Waals surface area (Å²) in [5.41, 5.74) is 1.94. The first kappa shape index (κ1) is 28.3. The van der Waals surface area contributed by atoms with Gasteiger partial charge in [-0.3, -0.25) is 4.79 Å². The fourth-order valence-electron chi connectivity index (χ4n) is 3.23. The topological polar surface area (TPSA) is 124 Å². The van der Waals surface area contributed by atoms with Crippen LogP contribution in [0.15, 0.2) is 30.3 Å². The number of amides is 1. The van der Waals surface area contributed by atoms with E-state index in [1.807, 2.05) is 13.8 Å². The van der Waals surface area contributed by atoms with E-state index in [4.69, 9.17) is 0 Å². The fraction of sp³-hybridized carbons (Fsp3) is 0.458. The zero-order valence-corrected chi connectivity index (χ0v) is 21.6. The molecule has 1 aromatic heterocycles. The average Bonchev–Trinajstić information content (AvgIpc) is 2.76. The number of hydrogen-bond donors (Lipinski definition) is 2. The van der Waals surface area contributed by atoms with Gasteiger partial charge in [-0.2, -0.15) is 0 Å². The second kappa shape index (κ2) is 11.7. The Labute approximate surface area is 206 Å². The molecule has 192 valence electrons. The number of nitrogens with zero attached hydrogens (tertiary/aromatic N) is 4. The molecular weight excluding hydrogens is 475 g/mol. The van der Waals surface area contributed by atoms with Crippen LogP contribution < -0.4 is 4.31 Å². The molecule has 0 aliphatic rings. The maximum atomic E-state index is 13.6. The molecule has 1 heterocycles. The van der Waals surface area contributed by atoms with Gasteiger partial charge >= 0.3 is 0 Å². The maximum absolute atomic E-state index is 13.6. The monoisotopic (exact) mass is 508 g/mol. The molecule has 35 heavy (non-hydrogen) atoms. The van der Waals surface area contributed by atoms with Crippen molar-refractivity contribution < 1.29 is 27.8 Å². The molecule has 0 fully saturated rings. The molecule has 2 rings (SSSR count). The number of halogens is 1. The summed E-state index contributed by atoms with van der Waals surface area (Å²) in [5.74, 6) is -0.877. The van der Waals surface area contributed by atoms with Crippen molar-refractivity contribution >= 4 is 28.0 Å². The summed E-state index contributed by atoms with van der Waals surface area (Å²) in [5, 5.41) is 20.6.